The summed E-state index contributed by atoms with van der Waals surface area (Å²) in [6.07, 6.45) is 1.48. The van der Waals surface area contributed by atoms with E-state index in [1.807, 2.05) is 4.90 Å². The number of carbonyl (C=O) groups excluding carboxylic acids is 3. The summed E-state index contributed by atoms with van der Waals surface area (Å²) < 4.78 is 19.8. The van der Waals surface area contributed by atoms with Crippen LogP contribution in [0, 0.1) is 24.6 Å². The van der Waals surface area contributed by atoms with E-state index in [1.54, 1.807) is 19.1 Å². The van der Waals surface area contributed by atoms with Crippen molar-refractivity contribution >= 4 is 40.7 Å². The molecule has 0 aliphatic carbocycles. The zero-order chi connectivity index (χ0) is 23.2. The summed E-state index contributed by atoms with van der Waals surface area (Å²) in [4.78, 5) is 44.5. The Morgan fingerprint density at radius 3 is 2.73 bits per heavy atom. The maximum atomic E-state index is 14.4. The molecule has 6 rings (SSSR count). The highest BCUT2D eigenvalue weighted by molar-refractivity contribution is 6.32. The number of imide groups is 1. The fourth-order valence-electron chi connectivity index (χ4n) is 6.40. The summed E-state index contributed by atoms with van der Waals surface area (Å²) in [5, 5.41) is 3.29. The molecule has 1 N–H and O–H groups in total. The van der Waals surface area contributed by atoms with Crippen molar-refractivity contribution < 1.29 is 23.5 Å². The van der Waals surface area contributed by atoms with Crippen molar-refractivity contribution in [2.24, 2.45) is 11.8 Å². The molecule has 9 heteroatoms. The van der Waals surface area contributed by atoms with E-state index in [9.17, 15) is 18.8 Å². The first-order valence-corrected chi connectivity index (χ1v) is 11.3. The van der Waals surface area contributed by atoms with Crippen LogP contribution in [-0.4, -0.2) is 42.3 Å². The third-order valence-corrected chi connectivity index (χ3v) is 8.06. The number of anilines is 2. The number of nitrogens with one attached hydrogen (secondary N) is 1. The second-order valence-electron chi connectivity index (χ2n) is 9.10. The van der Waals surface area contributed by atoms with Gasteiger partial charge >= 0.3 is 0 Å². The SMILES string of the molecule is COc1cc(Cl)c(C)cc1N1C(=O)[C@H]2[C@H]3CCCN3[C@@]3(C(=O)Nc4ccc(F)cc43)[C@@H]2C1=O. The van der Waals surface area contributed by atoms with Crippen molar-refractivity contribution in [3.8, 4) is 5.75 Å². The number of ether oxygens (including phenoxy) is 1. The highest BCUT2D eigenvalue weighted by atomic mass is 35.5. The monoisotopic (exact) mass is 469 g/mol. The Morgan fingerprint density at radius 1 is 1.18 bits per heavy atom. The highest BCUT2D eigenvalue weighted by Gasteiger charge is 2.74. The van der Waals surface area contributed by atoms with E-state index in [-0.39, 0.29) is 17.9 Å². The molecule has 4 aliphatic rings. The topological polar surface area (TPSA) is 79.0 Å². The lowest BCUT2D eigenvalue weighted by molar-refractivity contribution is -0.135. The standard InChI is InChI=1S/C24H21ClFN3O4/c1-11-8-17(18(33-2)10-14(11)25)29-21(30)19-16-4-3-7-28(16)24(20(19)22(29)31)13-9-12(26)5-6-15(13)27-23(24)32/h5-6,8-10,16,19-20H,3-4,7H2,1-2H3,(H,27,32)/t16-,19+,20+,24-/m1/s1. The van der Waals surface area contributed by atoms with Gasteiger partial charge in [0.1, 0.15) is 17.1 Å². The van der Waals surface area contributed by atoms with Gasteiger partial charge in [-0.3, -0.25) is 19.3 Å². The van der Waals surface area contributed by atoms with Gasteiger partial charge in [0, 0.05) is 28.4 Å². The molecule has 1 spiro atoms. The summed E-state index contributed by atoms with van der Waals surface area (Å²) in [6, 6.07) is 7.06. The third-order valence-electron chi connectivity index (χ3n) is 7.66. The van der Waals surface area contributed by atoms with Crippen LogP contribution in [0.25, 0.3) is 0 Å². The second-order valence-corrected chi connectivity index (χ2v) is 9.51. The van der Waals surface area contributed by atoms with Crippen molar-refractivity contribution in [2.75, 3.05) is 23.9 Å². The Kier molecular flexibility index (Phi) is 4.23. The van der Waals surface area contributed by atoms with E-state index in [2.05, 4.69) is 5.32 Å². The van der Waals surface area contributed by atoms with Crippen LogP contribution in [0.2, 0.25) is 5.02 Å². The number of carbonyl (C=O) groups is 3. The van der Waals surface area contributed by atoms with E-state index in [0.717, 1.165) is 11.3 Å². The Balaban J connectivity index is 1.56. The molecule has 7 nitrogen and oxygen atoms in total. The molecule has 3 amide bonds. The lowest BCUT2D eigenvalue weighted by Crippen LogP contribution is -2.54. The molecule has 3 fully saturated rings. The van der Waals surface area contributed by atoms with E-state index < -0.39 is 29.1 Å². The van der Waals surface area contributed by atoms with Gasteiger partial charge in [-0.05, 0) is 56.1 Å². The van der Waals surface area contributed by atoms with Gasteiger partial charge in [0.05, 0.1) is 24.6 Å². The molecule has 170 valence electrons. The predicted molar refractivity (Wildman–Crippen MR) is 119 cm³/mol. The van der Waals surface area contributed by atoms with Crippen LogP contribution < -0.4 is 15.0 Å². The van der Waals surface area contributed by atoms with Crippen LogP contribution in [0.3, 0.4) is 0 Å². The summed E-state index contributed by atoms with van der Waals surface area (Å²) >= 11 is 6.24. The van der Waals surface area contributed by atoms with Gasteiger partial charge in [-0.15, -0.1) is 0 Å². The van der Waals surface area contributed by atoms with Gasteiger partial charge < -0.3 is 10.1 Å². The number of hydrogen-bond acceptors (Lipinski definition) is 5. The smallest absolute Gasteiger partial charge is 0.250 e. The van der Waals surface area contributed by atoms with E-state index in [0.29, 0.717) is 46.2 Å². The predicted octanol–water partition coefficient (Wildman–Crippen LogP) is 3.23. The van der Waals surface area contributed by atoms with Gasteiger partial charge in [-0.25, -0.2) is 9.29 Å². The highest BCUT2D eigenvalue weighted by Crippen LogP contribution is 2.61. The Labute approximate surface area is 194 Å². The number of amides is 3. The Bertz CT molecular complexity index is 1270. The minimum Gasteiger partial charge on any atom is -0.495 e. The van der Waals surface area contributed by atoms with Crippen LogP contribution in [0.4, 0.5) is 15.8 Å². The number of hydrogen-bond donors (Lipinski definition) is 1. The number of halogens is 2. The lowest BCUT2D eigenvalue weighted by Gasteiger charge is -2.36. The molecule has 33 heavy (non-hydrogen) atoms. The van der Waals surface area contributed by atoms with Crippen LogP contribution in [0.15, 0.2) is 30.3 Å². The lowest BCUT2D eigenvalue weighted by atomic mass is 9.75. The second kappa shape index (κ2) is 6.77. The van der Waals surface area contributed by atoms with Gasteiger partial charge in [0.2, 0.25) is 17.7 Å². The van der Waals surface area contributed by atoms with Gasteiger partial charge in [0.15, 0.2) is 0 Å². The molecule has 4 atom stereocenters. The van der Waals surface area contributed by atoms with E-state index in [4.69, 9.17) is 16.3 Å². The molecule has 2 aromatic rings. The fourth-order valence-corrected chi connectivity index (χ4v) is 6.55. The van der Waals surface area contributed by atoms with Gasteiger partial charge in [-0.1, -0.05) is 11.6 Å². The largest absolute Gasteiger partial charge is 0.495 e. The molecule has 3 saturated heterocycles. The summed E-state index contributed by atoms with van der Waals surface area (Å²) in [5.41, 5.74) is 0.481. The molecule has 4 heterocycles. The number of benzene rings is 2. The summed E-state index contributed by atoms with van der Waals surface area (Å²) in [5.74, 6) is -3.09. The van der Waals surface area contributed by atoms with Gasteiger partial charge in [0.25, 0.3) is 0 Å². The number of rotatable bonds is 2. The van der Waals surface area contributed by atoms with Crippen molar-refractivity contribution in [3.63, 3.8) is 0 Å². The first-order valence-electron chi connectivity index (χ1n) is 10.9. The molecule has 0 saturated carbocycles. The van der Waals surface area contributed by atoms with Crippen molar-refractivity contribution in [1.82, 2.24) is 4.90 Å². The Morgan fingerprint density at radius 2 is 1.97 bits per heavy atom. The van der Waals surface area contributed by atoms with Crippen LogP contribution >= 0.6 is 11.6 Å². The number of nitrogens with zero attached hydrogens (tertiary/aromatic N) is 2. The van der Waals surface area contributed by atoms with Crippen LogP contribution in [0.1, 0.15) is 24.0 Å². The fraction of sp³-hybridized carbons (Fsp3) is 0.375. The van der Waals surface area contributed by atoms with Gasteiger partial charge in [-0.2, -0.15) is 0 Å². The molecule has 4 aliphatic heterocycles. The molecular formula is C24H21ClFN3O4. The zero-order valence-electron chi connectivity index (χ0n) is 18.0. The average Bonchev–Trinajstić information content (AvgIpc) is 3.48. The Hall–Kier alpha value is -2.97. The summed E-state index contributed by atoms with van der Waals surface area (Å²) in [6.45, 7) is 2.34. The third kappa shape index (κ3) is 2.40. The van der Waals surface area contributed by atoms with Crippen molar-refractivity contribution in [2.45, 2.75) is 31.3 Å². The maximum Gasteiger partial charge on any atom is 0.250 e. The maximum absolute atomic E-state index is 14.4. The molecule has 0 unspecified atom stereocenters. The molecular weight excluding hydrogens is 449 g/mol. The number of aryl methyl sites for hydroxylation is 1. The number of fused-ring (bicyclic) bond motifs is 7. The molecule has 0 radical (unpaired) electrons. The zero-order valence-corrected chi connectivity index (χ0v) is 18.8. The first kappa shape index (κ1) is 20.6. The minimum absolute atomic E-state index is 0.282. The van der Waals surface area contributed by atoms with Crippen LogP contribution in [-0.2, 0) is 19.9 Å². The minimum atomic E-state index is -1.42. The quantitative estimate of drug-likeness (QED) is 0.683. The first-order chi connectivity index (χ1) is 15.8. The summed E-state index contributed by atoms with van der Waals surface area (Å²) in [7, 11) is 1.44. The molecule has 0 bridgehead atoms. The molecule has 0 aromatic heterocycles. The van der Waals surface area contributed by atoms with E-state index >= 15 is 0 Å². The van der Waals surface area contributed by atoms with Crippen molar-refractivity contribution in [3.05, 3.63) is 52.3 Å². The molecule has 2 aromatic carbocycles. The number of methoxy groups -OCH3 is 1. The van der Waals surface area contributed by atoms with Crippen LogP contribution in [0.5, 0.6) is 5.75 Å². The average molecular weight is 470 g/mol. The normalized spacial score (nSPS) is 30.1. The van der Waals surface area contributed by atoms with Crippen molar-refractivity contribution in [1.29, 1.82) is 0 Å². The van der Waals surface area contributed by atoms with E-state index in [1.165, 1.54) is 25.3 Å².